The lowest BCUT2D eigenvalue weighted by molar-refractivity contribution is 0.0746. The molecule has 0 radical (unpaired) electrons. The number of anilines is 1. The minimum absolute atomic E-state index is 0.0510. The van der Waals surface area contributed by atoms with Gasteiger partial charge in [-0.25, -0.2) is 18.1 Å². The SMILES string of the molecule is N#Cc1cccnc1N1CCN(C(=O)c2cccc(S(=O)(=O)NCc3ccccc3)c2)CC1. The molecular weight excluding hydrogens is 438 g/mol. The Morgan fingerprint density at radius 1 is 1.00 bits per heavy atom. The lowest BCUT2D eigenvalue weighted by Gasteiger charge is -2.35. The monoisotopic (exact) mass is 461 g/mol. The van der Waals surface area contributed by atoms with Crippen LogP contribution in [0.15, 0.2) is 77.8 Å². The number of hydrogen-bond donors (Lipinski definition) is 1. The molecule has 1 aromatic heterocycles. The summed E-state index contributed by atoms with van der Waals surface area (Å²) in [4.78, 5) is 21.1. The lowest BCUT2D eigenvalue weighted by atomic mass is 10.1. The van der Waals surface area contributed by atoms with Gasteiger partial charge < -0.3 is 9.80 Å². The molecule has 0 atom stereocenters. The maximum absolute atomic E-state index is 13.0. The third-order valence-electron chi connectivity index (χ3n) is 5.47. The van der Waals surface area contributed by atoms with E-state index < -0.39 is 10.0 Å². The van der Waals surface area contributed by atoms with E-state index in [0.717, 1.165) is 5.56 Å². The molecule has 2 aromatic carbocycles. The molecule has 0 bridgehead atoms. The fraction of sp³-hybridized carbons (Fsp3) is 0.208. The van der Waals surface area contributed by atoms with Crippen molar-refractivity contribution in [1.82, 2.24) is 14.6 Å². The van der Waals surface area contributed by atoms with Gasteiger partial charge in [0.1, 0.15) is 11.9 Å². The van der Waals surface area contributed by atoms with Crippen molar-refractivity contribution in [2.24, 2.45) is 0 Å². The second-order valence-electron chi connectivity index (χ2n) is 7.60. The number of carbonyl (C=O) groups is 1. The number of nitriles is 1. The third kappa shape index (κ3) is 5.19. The average Bonchev–Trinajstić information content (AvgIpc) is 2.88. The molecule has 1 amide bonds. The van der Waals surface area contributed by atoms with E-state index in [1.165, 1.54) is 12.1 Å². The zero-order valence-corrected chi connectivity index (χ0v) is 18.7. The first-order valence-corrected chi connectivity index (χ1v) is 12.0. The Balaban J connectivity index is 1.42. The molecule has 0 aliphatic carbocycles. The van der Waals surface area contributed by atoms with Gasteiger partial charge in [-0.1, -0.05) is 36.4 Å². The number of benzene rings is 2. The van der Waals surface area contributed by atoms with E-state index in [0.29, 0.717) is 43.1 Å². The number of amides is 1. The van der Waals surface area contributed by atoms with Crippen molar-refractivity contribution in [3.05, 3.63) is 89.6 Å². The van der Waals surface area contributed by atoms with E-state index in [1.54, 1.807) is 35.4 Å². The van der Waals surface area contributed by atoms with Crippen LogP contribution < -0.4 is 9.62 Å². The molecule has 3 aromatic rings. The molecule has 2 heterocycles. The smallest absolute Gasteiger partial charge is 0.254 e. The quantitative estimate of drug-likeness (QED) is 0.604. The molecule has 168 valence electrons. The van der Waals surface area contributed by atoms with Crippen LogP contribution in [0.3, 0.4) is 0 Å². The standard InChI is InChI=1S/C24H23N5O3S/c25-17-21-9-5-11-26-23(21)28-12-14-29(15-13-28)24(30)20-8-4-10-22(16-20)33(31,32)27-18-19-6-2-1-3-7-19/h1-11,16,27H,12-15,18H2. The highest BCUT2D eigenvalue weighted by molar-refractivity contribution is 7.89. The fourth-order valence-electron chi connectivity index (χ4n) is 3.69. The van der Waals surface area contributed by atoms with E-state index in [1.807, 2.05) is 35.2 Å². The van der Waals surface area contributed by atoms with Gasteiger partial charge in [0.2, 0.25) is 10.0 Å². The van der Waals surface area contributed by atoms with Crippen LogP contribution >= 0.6 is 0 Å². The molecule has 1 aliphatic rings. The summed E-state index contributed by atoms with van der Waals surface area (Å²) >= 11 is 0. The van der Waals surface area contributed by atoms with Crippen molar-refractivity contribution in [2.75, 3.05) is 31.1 Å². The molecule has 8 nitrogen and oxygen atoms in total. The lowest BCUT2D eigenvalue weighted by Crippen LogP contribution is -2.49. The minimum atomic E-state index is -3.77. The largest absolute Gasteiger partial charge is 0.352 e. The second kappa shape index (κ2) is 9.81. The first-order chi connectivity index (χ1) is 16.0. The number of nitrogens with one attached hydrogen (secondary N) is 1. The first-order valence-electron chi connectivity index (χ1n) is 10.5. The highest BCUT2D eigenvalue weighted by atomic mass is 32.2. The Kier molecular flexibility index (Phi) is 6.68. The summed E-state index contributed by atoms with van der Waals surface area (Å²) in [6, 6.07) is 20.9. The van der Waals surface area contributed by atoms with Gasteiger partial charge in [-0.15, -0.1) is 0 Å². The number of aromatic nitrogens is 1. The summed E-state index contributed by atoms with van der Waals surface area (Å²) in [5.41, 5.74) is 1.67. The Hall–Kier alpha value is -3.74. The minimum Gasteiger partial charge on any atom is -0.352 e. The summed E-state index contributed by atoms with van der Waals surface area (Å²) in [7, 11) is -3.77. The number of pyridine rings is 1. The van der Waals surface area contributed by atoms with Gasteiger partial charge in [0.05, 0.1) is 10.5 Å². The molecular formula is C24H23N5O3S. The molecule has 1 fully saturated rings. The summed E-state index contributed by atoms with van der Waals surface area (Å²) < 4.78 is 28.1. The first kappa shape index (κ1) is 22.5. The molecule has 0 unspecified atom stereocenters. The Bertz CT molecular complexity index is 1280. The predicted molar refractivity (Wildman–Crippen MR) is 124 cm³/mol. The van der Waals surface area contributed by atoms with E-state index in [4.69, 9.17) is 0 Å². The van der Waals surface area contributed by atoms with E-state index in [9.17, 15) is 18.5 Å². The highest BCUT2D eigenvalue weighted by Gasteiger charge is 2.25. The molecule has 33 heavy (non-hydrogen) atoms. The van der Waals surface area contributed by atoms with E-state index in [2.05, 4.69) is 15.8 Å². The predicted octanol–water partition coefficient (Wildman–Crippen LogP) is 2.39. The van der Waals surface area contributed by atoms with Crippen LogP contribution in [0.2, 0.25) is 0 Å². The summed E-state index contributed by atoms with van der Waals surface area (Å²) in [6.07, 6.45) is 1.64. The van der Waals surface area contributed by atoms with Gasteiger partial charge in [0.15, 0.2) is 0 Å². The number of piperazine rings is 1. The zero-order chi connectivity index (χ0) is 23.3. The molecule has 0 spiro atoms. The van der Waals surface area contributed by atoms with Gasteiger partial charge in [0, 0.05) is 44.5 Å². The van der Waals surface area contributed by atoms with E-state index >= 15 is 0 Å². The number of carbonyl (C=O) groups excluding carboxylic acids is 1. The second-order valence-corrected chi connectivity index (χ2v) is 9.37. The molecule has 1 saturated heterocycles. The van der Waals surface area contributed by atoms with Gasteiger partial charge >= 0.3 is 0 Å². The molecule has 1 N–H and O–H groups in total. The van der Waals surface area contributed by atoms with E-state index in [-0.39, 0.29) is 17.3 Å². The van der Waals surface area contributed by atoms with Crippen molar-refractivity contribution in [2.45, 2.75) is 11.4 Å². The van der Waals surface area contributed by atoms with Gasteiger partial charge in [-0.3, -0.25) is 4.79 Å². The van der Waals surface area contributed by atoms with Crippen molar-refractivity contribution in [3.63, 3.8) is 0 Å². The van der Waals surface area contributed by atoms with Crippen LogP contribution in [-0.4, -0.2) is 50.4 Å². The highest BCUT2D eigenvalue weighted by Crippen LogP contribution is 2.20. The molecule has 1 aliphatic heterocycles. The van der Waals surface area contributed by atoms with Crippen molar-refractivity contribution < 1.29 is 13.2 Å². The third-order valence-corrected chi connectivity index (χ3v) is 6.87. The summed E-state index contributed by atoms with van der Waals surface area (Å²) in [5, 5.41) is 9.30. The zero-order valence-electron chi connectivity index (χ0n) is 17.9. The molecule has 0 saturated carbocycles. The molecule has 9 heteroatoms. The van der Waals surface area contributed by atoms with Crippen LogP contribution in [-0.2, 0) is 16.6 Å². The summed E-state index contributed by atoms with van der Waals surface area (Å²) in [6.45, 7) is 2.14. The maximum atomic E-state index is 13.0. The van der Waals surface area contributed by atoms with Crippen LogP contribution in [0.5, 0.6) is 0 Å². The Morgan fingerprint density at radius 2 is 1.76 bits per heavy atom. The average molecular weight is 462 g/mol. The summed E-state index contributed by atoms with van der Waals surface area (Å²) in [5.74, 6) is 0.390. The Morgan fingerprint density at radius 3 is 2.48 bits per heavy atom. The van der Waals surface area contributed by atoms with Crippen molar-refractivity contribution >= 4 is 21.7 Å². The van der Waals surface area contributed by atoms with Crippen molar-refractivity contribution in [1.29, 1.82) is 5.26 Å². The number of nitrogens with zero attached hydrogens (tertiary/aromatic N) is 4. The van der Waals surface area contributed by atoms with Crippen molar-refractivity contribution in [3.8, 4) is 6.07 Å². The number of hydrogen-bond acceptors (Lipinski definition) is 6. The number of sulfonamides is 1. The fourth-order valence-corrected chi connectivity index (χ4v) is 4.76. The van der Waals surface area contributed by atoms with Crippen LogP contribution in [0.25, 0.3) is 0 Å². The normalized spacial score (nSPS) is 14.0. The number of rotatable bonds is 6. The van der Waals surface area contributed by atoms with Gasteiger partial charge in [-0.2, -0.15) is 5.26 Å². The van der Waals surface area contributed by atoms with Gasteiger partial charge in [-0.05, 0) is 35.9 Å². The maximum Gasteiger partial charge on any atom is 0.254 e. The van der Waals surface area contributed by atoms with Crippen LogP contribution in [0.1, 0.15) is 21.5 Å². The Labute approximate surface area is 193 Å². The molecule has 4 rings (SSSR count). The van der Waals surface area contributed by atoms with Gasteiger partial charge in [0.25, 0.3) is 5.91 Å². The topological polar surface area (TPSA) is 106 Å². The van der Waals surface area contributed by atoms with Crippen LogP contribution in [0.4, 0.5) is 5.82 Å². The van der Waals surface area contributed by atoms with Crippen LogP contribution in [0, 0.1) is 11.3 Å².